The summed E-state index contributed by atoms with van der Waals surface area (Å²) in [6.07, 6.45) is 1.21. The molecule has 0 aliphatic heterocycles. The molecule has 5 nitrogen and oxygen atoms in total. The number of halogens is 1. The lowest BCUT2D eigenvalue weighted by Crippen LogP contribution is -2.08. The number of nitrogen functional groups attached to an aromatic ring is 2. The molecule has 0 saturated heterocycles. The van der Waals surface area contributed by atoms with Crippen LogP contribution in [0.25, 0.3) is 11.0 Å². The average molecular weight is 305 g/mol. The number of ether oxygens (including phenoxy) is 1. The summed E-state index contributed by atoms with van der Waals surface area (Å²) in [7, 11) is 0. The Hall–Kier alpha value is -2.66. The first-order valence-electron chi connectivity index (χ1n) is 5.98. The zero-order valence-corrected chi connectivity index (χ0v) is 11.7. The van der Waals surface area contributed by atoms with Crippen molar-refractivity contribution in [2.75, 3.05) is 11.5 Å². The summed E-state index contributed by atoms with van der Waals surface area (Å²) < 4.78 is 10.9. The maximum atomic E-state index is 12.0. The molecule has 6 heteroatoms. The molecule has 0 aliphatic rings. The minimum atomic E-state index is -0.302. The molecule has 2 aromatic carbocycles. The predicted molar refractivity (Wildman–Crippen MR) is 85.1 cm³/mol. The highest BCUT2D eigenvalue weighted by molar-refractivity contribution is 5.85. The van der Waals surface area contributed by atoms with E-state index in [9.17, 15) is 4.79 Å². The number of rotatable bonds is 2. The maximum Gasteiger partial charge on any atom is 0.215 e. The van der Waals surface area contributed by atoms with Gasteiger partial charge >= 0.3 is 0 Å². The Morgan fingerprint density at radius 1 is 1.00 bits per heavy atom. The fraction of sp³-hybridized carbons (Fsp3) is 0. The van der Waals surface area contributed by atoms with E-state index < -0.39 is 0 Å². The lowest BCUT2D eigenvalue weighted by atomic mass is 10.2. The van der Waals surface area contributed by atoms with Gasteiger partial charge in [-0.2, -0.15) is 0 Å². The van der Waals surface area contributed by atoms with Gasteiger partial charge in [-0.15, -0.1) is 12.4 Å². The quantitative estimate of drug-likeness (QED) is 0.709. The summed E-state index contributed by atoms with van der Waals surface area (Å²) in [6, 6.07) is 12.3. The monoisotopic (exact) mass is 304 g/mol. The maximum absolute atomic E-state index is 12.0. The minimum Gasteiger partial charge on any atom is -0.462 e. The Bertz CT molecular complexity index is 831. The van der Waals surface area contributed by atoms with Gasteiger partial charge in [-0.05, 0) is 18.2 Å². The van der Waals surface area contributed by atoms with Gasteiger partial charge in [-0.3, -0.25) is 4.79 Å². The molecular formula is C15H13ClN2O3. The van der Waals surface area contributed by atoms with E-state index in [1.807, 2.05) is 18.2 Å². The number of hydrogen-bond acceptors (Lipinski definition) is 5. The Balaban J connectivity index is 0.00000161. The molecule has 1 heterocycles. The molecule has 3 aromatic rings. The SMILES string of the molecule is Cl.Nc1cc2occ(N)c(=O)c2cc1Oc1ccccc1. The van der Waals surface area contributed by atoms with E-state index in [0.717, 1.165) is 0 Å². The molecule has 0 radical (unpaired) electrons. The van der Waals surface area contributed by atoms with Crippen molar-refractivity contribution < 1.29 is 9.15 Å². The van der Waals surface area contributed by atoms with Crippen LogP contribution in [-0.4, -0.2) is 0 Å². The van der Waals surface area contributed by atoms with Crippen molar-refractivity contribution in [3.8, 4) is 11.5 Å². The lowest BCUT2D eigenvalue weighted by Gasteiger charge is -2.09. The minimum absolute atomic E-state index is 0. The van der Waals surface area contributed by atoms with Gasteiger partial charge in [0.1, 0.15) is 23.3 Å². The molecule has 1 aromatic heterocycles. The third-order valence-corrected chi connectivity index (χ3v) is 2.90. The van der Waals surface area contributed by atoms with E-state index in [1.54, 1.807) is 24.3 Å². The molecule has 3 rings (SSSR count). The van der Waals surface area contributed by atoms with Crippen LogP contribution in [0.2, 0.25) is 0 Å². The average Bonchev–Trinajstić information content (AvgIpc) is 2.46. The predicted octanol–water partition coefficient (Wildman–Crippen LogP) is 3.17. The highest BCUT2D eigenvalue weighted by Crippen LogP contribution is 2.31. The smallest absolute Gasteiger partial charge is 0.215 e. The standard InChI is InChI=1S/C15H12N2O3.ClH/c16-11-7-13-10(15(18)12(17)8-19-13)6-14(11)20-9-4-2-1-3-5-9;/h1-8H,16-17H2;1H. The zero-order valence-electron chi connectivity index (χ0n) is 10.9. The van der Waals surface area contributed by atoms with Crippen molar-refractivity contribution in [1.82, 2.24) is 0 Å². The van der Waals surface area contributed by atoms with Crippen molar-refractivity contribution in [2.45, 2.75) is 0 Å². The molecule has 0 saturated carbocycles. The van der Waals surface area contributed by atoms with E-state index >= 15 is 0 Å². The highest BCUT2D eigenvalue weighted by Gasteiger charge is 2.10. The first-order chi connectivity index (χ1) is 9.65. The summed E-state index contributed by atoms with van der Waals surface area (Å²) in [6.45, 7) is 0. The van der Waals surface area contributed by atoms with Crippen LogP contribution in [-0.2, 0) is 0 Å². The van der Waals surface area contributed by atoms with Gasteiger partial charge in [0, 0.05) is 6.07 Å². The van der Waals surface area contributed by atoms with Gasteiger partial charge in [-0.25, -0.2) is 0 Å². The molecule has 0 atom stereocenters. The van der Waals surface area contributed by atoms with Gasteiger partial charge < -0.3 is 20.6 Å². The van der Waals surface area contributed by atoms with E-state index in [-0.39, 0.29) is 23.5 Å². The molecule has 0 bridgehead atoms. The van der Waals surface area contributed by atoms with E-state index in [2.05, 4.69) is 0 Å². The fourth-order valence-electron chi connectivity index (χ4n) is 1.89. The second-order valence-electron chi connectivity index (χ2n) is 4.32. The molecule has 0 spiro atoms. The summed E-state index contributed by atoms with van der Waals surface area (Å²) in [5.41, 5.74) is 12.0. The molecule has 0 fully saturated rings. The number of benzene rings is 2. The summed E-state index contributed by atoms with van der Waals surface area (Å²) in [5, 5.41) is 0.338. The topological polar surface area (TPSA) is 91.5 Å². The zero-order chi connectivity index (χ0) is 14.1. The number of fused-ring (bicyclic) bond motifs is 1. The van der Waals surface area contributed by atoms with Crippen LogP contribution in [0, 0.1) is 0 Å². The van der Waals surface area contributed by atoms with Gasteiger partial charge in [0.05, 0.1) is 11.1 Å². The van der Waals surface area contributed by atoms with Gasteiger partial charge in [0.2, 0.25) is 5.43 Å². The third kappa shape index (κ3) is 2.78. The van der Waals surface area contributed by atoms with Crippen molar-refractivity contribution >= 4 is 34.8 Å². The van der Waals surface area contributed by atoms with Crippen LogP contribution >= 0.6 is 12.4 Å². The molecule has 108 valence electrons. The molecule has 0 aliphatic carbocycles. The van der Waals surface area contributed by atoms with E-state index in [4.69, 9.17) is 20.6 Å². The van der Waals surface area contributed by atoms with Crippen molar-refractivity contribution in [2.24, 2.45) is 0 Å². The molecule has 4 N–H and O–H groups in total. The van der Waals surface area contributed by atoms with Crippen LogP contribution in [0.1, 0.15) is 0 Å². The van der Waals surface area contributed by atoms with Crippen molar-refractivity contribution in [3.63, 3.8) is 0 Å². The van der Waals surface area contributed by atoms with E-state index in [0.29, 0.717) is 28.2 Å². The number of nitrogens with two attached hydrogens (primary N) is 2. The summed E-state index contributed by atoms with van der Waals surface area (Å²) in [5.74, 6) is 1.02. The first-order valence-corrected chi connectivity index (χ1v) is 5.98. The molecule has 21 heavy (non-hydrogen) atoms. The fourth-order valence-corrected chi connectivity index (χ4v) is 1.89. The van der Waals surface area contributed by atoms with Crippen LogP contribution in [0.3, 0.4) is 0 Å². The number of hydrogen-bond donors (Lipinski definition) is 2. The van der Waals surface area contributed by atoms with Gasteiger partial charge in [0.25, 0.3) is 0 Å². The Kier molecular flexibility index (Phi) is 4.05. The third-order valence-electron chi connectivity index (χ3n) is 2.90. The van der Waals surface area contributed by atoms with Crippen LogP contribution in [0.4, 0.5) is 11.4 Å². The van der Waals surface area contributed by atoms with Crippen LogP contribution in [0.5, 0.6) is 11.5 Å². The largest absolute Gasteiger partial charge is 0.462 e. The second kappa shape index (κ2) is 5.76. The summed E-state index contributed by atoms with van der Waals surface area (Å²) in [4.78, 5) is 12.0. The van der Waals surface area contributed by atoms with Crippen LogP contribution < -0.4 is 21.6 Å². The molecular weight excluding hydrogens is 292 g/mol. The van der Waals surface area contributed by atoms with Crippen molar-refractivity contribution in [3.05, 3.63) is 59.0 Å². The number of para-hydroxylation sites is 1. The Morgan fingerprint density at radius 2 is 1.71 bits per heavy atom. The highest BCUT2D eigenvalue weighted by atomic mass is 35.5. The van der Waals surface area contributed by atoms with Crippen molar-refractivity contribution in [1.29, 1.82) is 0 Å². The summed E-state index contributed by atoms with van der Waals surface area (Å²) >= 11 is 0. The van der Waals surface area contributed by atoms with E-state index in [1.165, 1.54) is 6.26 Å². The Labute approximate surface area is 126 Å². The van der Waals surface area contributed by atoms with Crippen LogP contribution in [0.15, 0.2) is 57.9 Å². The van der Waals surface area contributed by atoms with Gasteiger partial charge in [-0.1, -0.05) is 18.2 Å². The second-order valence-corrected chi connectivity index (χ2v) is 4.32. The molecule has 0 unspecified atom stereocenters. The van der Waals surface area contributed by atoms with Gasteiger partial charge in [0.15, 0.2) is 5.75 Å². The lowest BCUT2D eigenvalue weighted by molar-refractivity contribution is 0.485. The number of anilines is 2. The Morgan fingerprint density at radius 3 is 2.43 bits per heavy atom. The molecule has 0 amide bonds. The normalized spacial score (nSPS) is 10.1. The first kappa shape index (κ1) is 14.7.